The Kier molecular flexibility index (Phi) is 6.21. The van der Waals surface area contributed by atoms with Gasteiger partial charge in [0.25, 0.3) is 5.91 Å². The average Bonchev–Trinajstić information content (AvgIpc) is 2.84. The summed E-state index contributed by atoms with van der Waals surface area (Å²) in [6, 6.07) is 19.2. The molecule has 0 aliphatic carbocycles. The Balaban J connectivity index is 1.45. The van der Waals surface area contributed by atoms with Crippen LogP contribution in [0.4, 0.5) is 17.2 Å². The van der Waals surface area contributed by atoms with Crippen molar-refractivity contribution >= 4 is 23.1 Å². The first-order chi connectivity index (χ1) is 15.2. The largest absolute Gasteiger partial charge is 0.497 e. The molecule has 0 unspecified atom stereocenters. The Labute approximate surface area is 182 Å². The van der Waals surface area contributed by atoms with Gasteiger partial charge in [-0.2, -0.15) is 0 Å². The summed E-state index contributed by atoms with van der Waals surface area (Å²) in [6.45, 7) is 2.84. The first-order valence-corrected chi connectivity index (χ1v) is 10.2. The van der Waals surface area contributed by atoms with Gasteiger partial charge in [0.1, 0.15) is 17.3 Å². The Hall–Kier alpha value is -3.74. The third kappa shape index (κ3) is 4.55. The monoisotopic (exact) mass is 418 g/mol. The van der Waals surface area contributed by atoms with Gasteiger partial charge < -0.3 is 24.6 Å². The van der Waals surface area contributed by atoms with Gasteiger partial charge in [-0.3, -0.25) is 4.79 Å². The molecule has 1 fully saturated rings. The van der Waals surface area contributed by atoms with Crippen LogP contribution in [0.1, 0.15) is 10.4 Å². The summed E-state index contributed by atoms with van der Waals surface area (Å²) in [7, 11) is 3.28. The number of methoxy groups -OCH3 is 2. The van der Waals surface area contributed by atoms with Crippen LogP contribution in [-0.2, 0) is 0 Å². The molecule has 7 heteroatoms. The molecule has 0 spiro atoms. The number of aromatic nitrogens is 1. The molecule has 1 aromatic heterocycles. The fourth-order valence-electron chi connectivity index (χ4n) is 3.68. The quantitative estimate of drug-likeness (QED) is 0.657. The van der Waals surface area contributed by atoms with Crippen molar-refractivity contribution in [2.24, 2.45) is 0 Å². The molecule has 2 heterocycles. The number of carbonyl (C=O) groups excluding carboxylic acids is 1. The highest BCUT2D eigenvalue weighted by Crippen LogP contribution is 2.28. The summed E-state index contributed by atoms with van der Waals surface area (Å²) in [6.07, 6.45) is 1.68. The van der Waals surface area contributed by atoms with Gasteiger partial charge in [-0.05, 0) is 48.5 Å². The number of rotatable bonds is 6. The van der Waals surface area contributed by atoms with E-state index < -0.39 is 0 Å². The zero-order chi connectivity index (χ0) is 21.6. The van der Waals surface area contributed by atoms with Crippen molar-refractivity contribution in [3.05, 3.63) is 72.4 Å². The first kappa shape index (κ1) is 20.5. The lowest BCUT2D eigenvalue weighted by Crippen LogP contribution is -2.48. The minimum atomic E-state index is -0.0279. The van der Waals surface area contributed by atoms with Crippen molar-refractivity contribution in [3.63, 3.8) is 0 Å². The van der Waals surface area contributed by atoms with Crippen molar-refractivity contribution < 1.29 is 14.3 Å². The molecule has 31 heavy (non-hydrogen) atoms. The summed E-state index contributed by atoms with van der Waals surface area (Å²) in [5.41, 5.74) is 2.45. The maximum absolute atomic E-state index is 13.3. The van der Waals surface area contributed by atoms with Crippen LogP contribution in [0, 0.1) is 0 Å². The lowest BCUT2D eigenvalue weighted by molar-refractivity contribution is 0.0747. The predicted molar refractivity (Wildman–Crippen MR) is 122 cm³/mol. The van der Waals surface area contributed by atoms with E-state index in [9.17, 15) is 4.79 Å². The van der Waals surface area contributed by atoms with Gasteiger partial charge in [0, 0.05) is 38.1 Å². The van der Waals surface area contributed by atoms with Crippen molar-refractivity contribution in [2.75, 3.05) is 50.6 Å². The topological polar surface area (TPSA) is 66.9 Å². The van der Waals surface area contributed by atoms with Crippen LogP contribution in [0.5, 0.6) is 11.5 Å². The zero-order valence-corrected chi connectivity index (χ0v) is 17.7. The molecule has 7 nitrogen and oxygen atoms in total. The fourth-order valence-corrected chi connectivity index (χ4v) is 3.68. The van der Waals surface area contributed by atoms with Crippen LogP contribution >= 0.6 is 0 Å². The Morgan fingerprint density at radius 1 is 0.903 bits per heavy atom. The van der Waals surface area contributed by atoms with Crippen LogP contribution in [0.25, 0.3) is 0 Å². The van der Waals surface area contributed by atoms with Gasteiger partial charge in [-0.25, -0.2) is 4.98 Å². The summed E-state index contributed by atoms with van der Waals surface area (Å²) >= 11 is 0. The molecule has 1 aliphatic rings. The summed E-state index contributed by atoms with van der Waals surface area (Å²) in [5, 5.41) is 3.25. The van der Waals surface area contributed by atoms with E-state index in [0.29, 0.717) is 30.2 Å². The third-order valence-electron chi connectivity index (χ3n) is 5.40. The molecule has 0 radical (unpaired) electrons. The standard InChI is InChI=1S/C24H26N4O3/c1-30-19-11-9-18(10-12-19)27-14-16-28(17-15-27)24(29)20-6-5-13-25-23(20)26-21-7-3-4-8-22(21)31-2/h3-13H,14-17H2,1-2H3,(H,25,26). The number of nitrogens with one attached hydrogen (secondary N) is 1. The zero-order valence-electron chi connectivity index (χ0n) is 17.7. The van der Waals surface area contributed by atoms with Gasteiger partial charge >= 0.3 is 0 Å². The molecule has 0 saturated carbocycles. The van der Waals surface area contributed by atoms with E-state index in [1.165, 1.54) is 0 Å². The van der Waals surface area contributed by atoms with Crippen molar-refractivity contribution in [2.45, 2.75) is 0 Å². The van der Waals surface area contributed by atoms with Gasteiger partial charge in [0.15, 0.2) is 0 Å². The van der Waals surface area contributed by atoms with Gasteiger partial charge in [0.05, 0.1) is 25.5 Å². The molecule has 3 aromatic rings. The predicted octanol–water partition coefficient (Wildman–Crippen LogP) is 3.80. The van der Waals surface area contributed by atoms with Crippen molar-refractivity contribution in [3.8, 4) is 11.5 Å². The van der Waals surface area contributed by atoms with Crippen LogP contribution in [0.2, 0.25) is 0 Å². The number of ether oxygens (including phenoxy) is 2. The molecule has 160 valence electrons. The second kappa shape index (κ2) is 9.38. The Bertz CT molecular complexity index is 1030. The number of nitrogens with zero attached hydrogens (tertiary/aromatic N) is 3. The first-order valence-electron chi connectivity index (χ1n) is 10.2. The average molecular weight is 418 g/mol. The molecule has 1 saturated heterocycles. The summed E-state index contributed by atoms with van der Waals surface area (Å²) in [5.74, 6) is 2.03. The Morgan fingerprint density at radius 2 is 1.65 bits per heavy atom. The van der Waals surface area contributed by atoms with Crippen LogP contribution in [0.15, 0.2) is 66.9 Å². The van der Waals surface area contributed by atoms with Crippen molar-refractivity contribution in [1.29, 1.82) is 0 Å². The fraction of sp³-hybridized carbons (Fsp3) is 0.250. The number of benzene rings is 2. The molecule has 1 aliphatic heterocycles. The minimum Gasteiger partial charge on any atom is -0.497 e. The Morgan fingerprint density at radius 3 is 2.35 bits per heavy atom. The molecule has 0 bridgehead atoms. The maximum Gasteiger partial charge on any atom is 0.257 e. The molecular formula is C24H26N4O3. The van der Waals surface area contributed by atoms with Crippen molar-refractivity contribution in [1.82, 2.24) is 9.88 Å². The number of anilines is 3. The maximum atomic E-state index is 13.3. The molecule has 2 aromatic carbocycles. The molecule has 4 rings (SSSR count). The van der Waals surface area contributed by atoms with Crippen LogP contribution in [0.3, 0.4) is 0 Å². The number of amides is 1. The lowest BCUT2D eigenvalue weighted by atomic mass is 10.1. The normalized spacial score (nSPS) is 13.6. The van der Waals surface area contributed by atoms with E-state index in [0.717, 1.165) is 30.2 Å². The third-order valence-corrected chi connectivity index (χ3v) is 5.40. The molecular weight excluding hydrogens is 392 g/mol. The van der Waals surface area contributed by atoms with E-state index in [1.54, 1.807) is 26.5 Å². The second-order valence-corrected chi connectivity index (χ2v) is 7.20. The highest BCUT2D eigenvalue weighted by atomic mass is 16.5. The van der Waals surface area contributed by atoms with E-state index in [4.69, 9.17) is 9.47 Å². The second-order valence-electron chi connectivity index (χ2n) is 7.20. The summed E-state index contributed by atoms with van der Waals surface area (Å²) in [4.78, 5) is 21.8. The molecule has 0 atom stereocenters. The molecule has 1 amide bonds. The van der Waals surface area contributed by atoms with E-state index in [2.05, 4.69) is 15.2 Å². The van der Waals surface area contributed by atoms with Gasteiger partial charge in [-0.15, -0.1) is 0 Å². The minimum absolute atomic E-state index is 0.0279. The van der Waals surface area contributed by atoms with Gasteiger partial charge in [-0.1, -0.05) is 12.1 Å². The van der Waals surface area contributed by atoms with E-state index in [1.807, 2.05) is 59.5 Å². The number of carbonyl (C=O) groups is 1. The van der Waals surface area contributed by atoms with E-state index >= 15 is 0 Å². The van der Waals surface area contributed by atoms with Crippen LogP contribution in [-0.4, -0.2) is 56.2 Å². The lowest BCUT2D eigenvalue weighted by Gasteiger charge is -2.36. The number of para-hydroxylation sites is 2. The highest BCUT2D eigenvalue weighted by molar-refractivity contribution is 5.99. The molecule has 1 N–H and O–H groups in total. The van der Waals surface area contributed by atoms with Crippen LogP contribution < -0.4 is 19.7 Å². The number of piperazine rings is 1. The summed E-state index contributed by atoms with van der Waals surface area (Å²) < 4.78 is 10.6. The van der Waals surface area contributed by atoms with E-state index in [-0.39, 0.29) is 5.91 Å². The number of pyridine rings is 1. The highest BCUT2D eigenvalue weighted by Gasteiger charge is 2.24. The SMILES string of the molecule is COc1ccc(N2CCN(C(=O)c3cccnc3Nc3ccccc3OC)CC2)cc1. The van der Waals surface area contributed by atoms with Gasteiger partial charge in [0.2, 0.25) is 0 Å². The number of hydrogen-bond acceptors (Lipinski definition) is 6. The number of hydrogen-bond donors (Lipinski definition) is 1. The smallest absolute Gasteiger partial charge is 0.257 e.